The molecular weight excluding hydrogens is 402 g/mol. The minimum absolute atomic E-state index is 0.0920. The van der Waals surface area contributed by atoms with Crippen LogP contribution in [0.4, 0.5) is 0 Å². The van der Waals surface area contributed by atoms with Crippen LogP contribution in [0.5, 0.6) is 0 Å². The summed E-state index contributed by atoms with van der Waals surface area (Å²) in [4.78, 5) is 12.4. The molecule has 2 fully saturated rings. The standard InChI is InChI=1S/C18H27N3O5S2/c1-12-4-5-13(2)17(8-12)28(25,26)19-11-18(22)20-14-9-15-6-7-16(10-14)21(15)27(3,23)24/h4-5,8,14-16,19H,6-7,9-11H2,1-3H3,(H,20,22). The van der Waals surface area contributed by atoms with Crippen LogP contribution in [0.25, 0.3) is 0 Å². The van der Waals surface area contributed by atoms with E-state index in [-0.39, 0.29) is 29.6 Å². The number of amides is 1. The number of aryl methyl sites for hydroxylation is 2. The zero-order chi connectivity index (χ0) is 20.7. The van der Waals surface area contributed by atoms with Crippen LogP contribution in [-0.2, 0) is 24.8 Å². The van der Waals surface area contributed by atoms with Crippen molar-refractivity contribution in [3.05, 3.63) is 29.3 Å². The first-order valence-corrected chi connectivity index (χ1v) is 12.7. The summed E-state index contributed by atoms with van der Waals surface area (Å²) in [6.07, 6.45) is 3.92. The predicted molar refractivity (Wildman–Crippen MR) is 106 cm³/mol. The van der Waals surface area contributed by atoms with Gasteiger partial charge in [-0.05, 0) is 56.7 Å². The molecule has 2 unspecified atom stereocenters. The fraction of sp³-hybridized carbons (Fsp3) is 0.611. The first-order chi connectivity index (χ1) is 13.0. The quantitative estimate of drug-likeness (QED) is 0.690. The van der Waals surface area contributed by atoms with Crippen molar-refractivity contribution in [1.29, 1.82) is 0 Å². The number of carbonyl (C=O) groups excluding carboxylic acids is 1. The van der Waals surface area contributed by atoms with E-state index >= 15 is 0 Å². The number of carbonyl (C=O) groups is 1. The third-order valence-corrected chi connectivity index (χ3v) is 8.38. The van der Waals surface area contributed by atoms with Gasteiger partial charge in [-0.15, -0.1) is 0 Å². The van der Waals surface area contributed by atoms with Crippen molar-refractivity contribution in [3.8, 4) is 0 Å². The molecular formula is C18H27N3O5S2. The molecule has 8 nitrogen and oxygen atoms in total. The number of hydrogen-bond donors (Lipinski definition) is 2. The highest BCUT2D eigenvalue weighted by Crippen LogP contribution is 2.37. The molecule has 0 aliphatic carbocycles. The Morgan fingerprint density at radius 3 is 2.29 bits per heavy atom. The minimum Gasteiger partial charge on any atom is -0.352 e. The van der Waals surface area contributed by atoms with Gasteiger partial charge < -0.3 is 5.32 Å². The number of benzene rings is 1. The van der Waals surface area contributed by atoms with Gasteiger partial charge in [-0.1, -0.05) is 12.1 Å². The van der Waals surface area contributed by atoms with E-state index in [1.54, 1.807) is 23.4 Å². The van der Waals surface area contributed by atoms with Gasteiger partial charge in [-0.2, -0.15) is 4.31 Å². The van der Waals surface area contributed by atoms with Crippen molar-refractivity contribution < 1.29 is 21.6 Å². The van der Waals surface area contributed by atoms with E-state index in [2.05, 4.69) is 10.0 Å². The maximum Gasteiger partial charge on any atom is 0.241 e. The highest BCUT2D eigenvalue weighted by atomic mass is 32.2. The molecule has 2 N–H and O–H groups in total. The summed E-state index contributed by atoms with van der Waals surface area (Å²) in [6.45, 7) is 3.17. The van der Waals surface area contributed by atoms with Gasteiger partial charge >= 0.3 is 0 Å². The molecule has 10 heteroatoms. The van der Waals surface area contributed by atoms with E-state index in [0.29, 0.717) is 18.4 Å². The summed E-state index contributed by atoms with van der Waals surface area (Å²) in [5.74, 6) is -0.411. The number of nitrogens with zero attached hydrogens (tertiary/aromatic N) is 1. The van der Waals surface area contributed by atoms with Crippen LogP contribution in [0.15, 0.2) is 23.1 Å². The highest BCUT2D eigenvalue weighted by molar-refractivity contribution is 7.89. The molecule has 0 radical (unpaired) electrons. The Kier molecular flexibility index (Phi) is 5.86. The summed E-state index contributed by atoms with van der Waals surface area (Å²) in [7, 11) is -7.04. The molecule has 1 amide bonds. The normalized spacial score (nSPS) is 25.6. The molecule has 2 aliphatic rings. The van der Waals surface area contributed by atoms with E-state index in [1.807, 2.05) is 13.0 Å². The lowest BCUT2D eigenvalue weighted by atomic mass is 10.00. The number of nitrogens with one attached hydrogen (secondary N) is 2. The molecule has 28 heavy (non-hydrogen) atoms. The summed E-state index contributed by atoms with van der Waals surface area (Å²) in [5, 5.41) is 2.85. The van der Waals surface area contributed by atoms with E-state index in [0.717, 1.165) is 18.4 Å². The average Bonchev–Trinajstić information content (AvgIpc) is 2.88. The molecule has 0 aromatic heterocycles. The lowest BCUT2D eigenvalue weighted by Crippen LogP contribution is -2.53. The van der Waals surface area contributed by atoms with Crippen molar-refractivity contribution in [2.75, 3.05) is 12.8 Å². The Morgan fingerprint density at radius 1 is 1.11 bits per heavy atom. The SMILES string of the molecule is Cc1ccc(C)c(S(=O)(=O)NCC(=O)NC2CC3CCC(C2)N3S(C)(=O)=O)c1. The van der Waals surface area contributed by atoms with Crippen LogP contribution in [0.3, 0.4) is 0 Å². The molecule has 2 aliphatic heterocycles. The van der Waals surface area contributed by atoms with Gasteiger partial charge in [0.2, 0.25) is 26.0 Å². The summed E-state index contributed by atoms with van der Waals surface area (Å²) < 4.78 is 52.8. The second kappa shape index (κ2) is 7.74. The Hall–Kier alpha value is -1.49. The van der Waals surface area contributed by atoms with Crippen LogP contribution in [-0.4, -0.2) is 58.0 Å². The summed E-state index contributed by atoms with van der Waals surface area (Å²) in [5.41, 5.74) is 1.44. The largest absolute Gasteiger partial charge is 0.352 e. The van der Waals surface area contributed by atoms with Gasteiger partial charge in [0.1, 0.15) is 0 Å². The minimum atomic E-state index is -3.79. The molecule has 2 atom stereocenters. The topological polar surface area (TPSA) is 113 Å². The Bertz CT molecular complexity index is 961. The maximum atomic E-state index is 12.5. The van der Waals surface area contributed by atoms with Crippen molar-refractivity contribution in [3.63, 3.8) is 0 Å². The predicted octanol–water partition coefficient (Wildman–Crippen LogP) is 0.653. The third-order valence-electron chi connectivity index (χ3n) is 5.47. The van der Waals surface area contributed by atoms with E-state index < -0.39 is 26.0 Å². The van der Waals surface area contributed by atoms with Crippen LogP contribution < -0.4 is 10.0 Å². The van der Waals surface area contributed by atoms with Crippen LogP contribution in [0, 0.1) is 13.8 Å². The smallest absolute Gasteiger partial charge is 0.241 e. The van der Waals surface area contributed by atoms with Crippen LogP contribution >= 0.6 is 0 Å². The fourth-order valence-corrected chi connectivity index (χ4v) is 7.08. The van der Waals surface area contributed by atoms with Gasteiger partial charge in [-0.3, -0.25) is 4.79 Å². The van der Waals surface area contributed by atoms with Gasteiger partial charge in [0.25, 0.3) is 0 Å². The van der Waals surface area contributed by atoms with E-state index in [9.17, 15) is 21.6 Å². The van der Waals surface area contributed by atoms with Crippen LogP contribution in [0.1, 0.15) is 36.8 Å². The molecule has 0 saturated carbocycles. The molecule has 2 heterocycles. The Morgan fingerprint density at radius 2 is 1.71 bits per heavy atom. The molecule has 0 spiro atoms. The van der Waals surface area contributed by atoms with Crippen molar-refractivity contribution in [2.45, 2.75) is 62.6 Å². The number of rotatable bonds is 6. The molecule has 1 aromatic carbocycles. The third kappa shape index (κ3) is 4.56. The fourth-order valence-electron chi connectivity index (χ4n) is 4.31. The average molecular weight is 430 g/mol. The number of hydrogen-bond acceptors (Lipinski definition) is 5. The second-order valence-corrected chi connectivity index (χ2v) is 11.4. The lowest BCUT2D eigenvalue weighted by Gasteiger charge is -2.37. The van der Waals surface area contributed by atoms with Gasteiger partial charge in [0.15, 0.2) is 0 Å². The van der Waals surface area contributed by atoms with Gasteiger partial charge in [0.05, 0.1) is 17.7 Å². The molecule has 2 saturated heterocycles. The number of sulfonamides is 2. The van der Waals surface area contributed by atoms with Crippen LogP contribution in [0.2, 0.25) is 0 Å². The zero-order valence-electron chi connectivity index (χ0n) is 16.3. The van der Waals surface area contributed by atoms with Gasteiger partial charge in [0, 0.05) is 18.1 Å². The Balaban J connectivity index is 1.58. The summed E-state index contributed by atoms with van der Waals surface area (Å²) >= 11 is 0. The lowest BCUT2D eigenvalue weighted by molar-refractivity contribution is -0.121. The Labute approximate surface area is 166 Å². The molecule has 3 rings (SSSR count). The first kappa shape index (κ1) is 21.2. The molecule has 156 valence electrons. The molecule has 2 bridgehead atoms. The first-order valence-electron chi connectivity index (χ1n) is 9.32. The monoisotopic (exact) mass is 429 g/mol. The number of piperidine rings is 1. The highest BCUT2D eigenvalue weighted by Gasteiger charge is 2.45. The van der Waals surface area contributed by atoms with E-state index in [1.165, 1.54) is 6.26 Å². The second-order valence-electron chi connectivity index (χ2n) is 7.81. The van der Waals surface area contributed by atoms with Crippen molar-refractivity contribution in [1.82, 2.24) is 14.3 Å². The van der Waals surface area contributed by atoms with Gasteiger partial charge in [-0.25, -0.2) is 21.6 Å². The zero-order valence-corrected chi connectivity index (χ0v) is 17.9. The van der Waals surface area contributed by atoms with Crippen molar-refractivity contribution >= 4 is 26.0 Å². The van der Waals surface area contributed by atoms with E-state index in [4.69, 9.17) is 0 Å². The number of fused-ring (bicyclic) bond motifs is 2. The molecule has 1 aromatic rings. The maximum absolute atomic E-state index is 12.5. The van der Waals surface area contributed by atoms with Crippen molar-refractivity contribution in [2.24, 2.45) is 0 Å². The summed E-state index contributed by atoms with van der Waals surface area (Å²) in [6, 6.07) is 4.81.